The molecule has 1 atom stereocenters. The van der Waals surface area contributed by atoms with Crippen molar-refractivity contribution < 1.29 is 9.90 Å². The molecule has 0 saturated heterocycles. The lowest BCUT2D eigenvalue weighted by Gasteiger charge is -2.25. The predicted molar refractivity (Wildman–Crippen MR) is 75.6 cm³/mol. The summed E-state index contributed by atoms with van der Waals surface area (Å²) in [4.78, 5) is 11.4. The molecule has 5 N–H and O–H groups in total. The van der Waals surface area contributed by atoms with Gasteiger partial charge in [0.15, 0.2) is 0 Å². The quantitative estimate of drug-likeness (QED) is 0.537. The third-order valence-corrected chi connectivity index (χ3v) is 3.44. The Morgan fingerprint density at radius 3 is 2.32 bits per heavy atom. The SMILES string of the molecule is C=C.NC1(N)c2cccc3cccc(c23)C1C(=O)O. The average Bonchev–Trinajstić information content (AvgIpc) is 2.63. The van der Waals surface area contributed by atoms with E-state index in [1.54, 1.807) is 12.1 Å². The van der Waals surface area contributed by atoms with Gasteiger partial charge in [0.05, 0.1) is 0 Å². The number of benzene rings is 2. The van der Waals surface area contributed by atoms with E-state index in [9.17, 15) is 9.90 Å². The molecule has 1 aliphatic carbocycles. The summed E-state index contributed by atoms with van der Waals surface area (Å²) in [6, 6.07) is 11.1. The summed E-state index contributed by atoms with van der Waals surface area (Å²) in [6.45, 7) is 6.00. The van der Waals surface area contributed by atoms with Crippen molar-refractivity contribution in [1.82, 2.24) is 0 Å². The van der Waals surface area contributed by atoms with Gasteiger partial charge in [0, 0.05) is 0 Å². The number of rotatable bonds is 1. The molecule has 2 aromatic rings. The lowest BCUT2D eigenvalue weighted by atomic mass is 9.91. The van der Waals surface area contributed by atoms with E-state index in [1.165, 1.54) is 0 Å². The minimum absolute atomic E-state index is 0.704. The average molecular weight is 256 g/mol. The molecule has 3 rings (SSSR count). The van der Waals surface area contributed by atoms with E-state index in [4.69, 9.17) is 11.5 Å². The molecule has 4 heteroatoms. The maximum atomic E-state index is 11.4. The monoisotopic (exact) mass is 256 g/mol. The normalized spacial score (nSPS) is 18.7. The number of aliphatic carboxylic acids is 1. The van der Waals surface area contributed by atoms with Crippen molar-refractivity contribution in [2.24, 2.45) is 11.5 Å². The standard InChI is InChI=1S/C13H12N2O2.C2H4/c14-13(15)9-6-2-4-7-3-1-5-8(10(7)9)11(13)12(16)17;1-2/h1-6,11H,14-15H2,(H,16,17);1-2H2. The van der Waals surface area contributed by atoms with Crippen LogP contribution in [0.5, 0.6) is 0 Å². The van der Waals surface area contributed by atoms with E-state index < -0.39 is 17.6 Å². The van der Waals surface area contributed by atoms with Gasteiger partial charge >= 0.3 is 5.97 Å². The van der Waals surface area contributed by atoms with Crippen LogP contribution in [-0.4, -0.2) is 11.1 Å². The van der Waals surface area contributed by atoms with Crippen LogP contribution >= 0.6 is 0 Å². The molecule has 1 aliphatic rings. The first-order valence-electron chi connectivity index (χ1n) is 5.86. The second kappa shape index (κ2) is 4.50. The fraction of sp³-hybridized carbons (Fsp3) is 0.133. The third kappa shape index (κ3) is 1.73. The molecule has 0 amide bonds. The van der Waals surface area contributed by atoms with Crippen LogP contribution in [0, 0.1) is 0 Å². The van der Waals surface area contributed by atoms with Gasteiger partial charge < -0.3 is 16.6 Å². The number of carbonyl (C=O) groups is 1. The van der Waals surface area contributed by atoms with E-state index in [0.29, 0.717) is 11.1 Å². The van der Waals surface area contributed by atoms with Gasteiger partial charge in [-0.15, -0.1) is 13.2 Å². The summed E-state index contributed by atoms with van der Waals surface area (Å²) in [5, 5.41) is 11.2. The Labute approximate surface area is 111 Å². The summed E-state index contributed by atoms with van der Waals surface area (Å²) in [6.07, 6.45) is 0. The number of carboxylic acids is 1. The Hall–Kier alpha value is -2.17. The van der Waals surface area contributed by atoms with Crippen LogP contribution in [0.2, 0.25) is 0 Å². The second-order valence-corrected chi connectivity index (χ2v) is 4.46. The van der Waals surface area contributed by atoms with Gasteiger partial charge in [0.1, 0.15) is 11.6 Å². The molecule has 0 bridgehead atoms. The number of nitrogens with two attached hydrogens (primary N) is 2. The molecule has 19 heavy (non-hydrogen) atoms. The van der Waals surface area contributed by atoms with Crippen molar-refractivity contribution in [3.8, 4) is 0 Å². The fourth-order valence-electron chi connectivity index (χ4n) is 2.72. The topological polar surface area (TPSA) is 89.3 Å². The smallest absolute Gasteiger partial charge is 0.314 e. The first kappa shape index (κ1) is 13.3. The molecular formula is C15H16N2O2. The van der Waals surface area contributed by atoms with Gasteiger partial charge in [-0.1, -0.05) is 36.4 Å². The summed E-state index contributed by atoms with van der Waals surface area (Å²) >= 11 is 0. The Bertz CT molecular complexity index is 644. The van der Waals surface area contributed by atoms with E-state index in [2.05, 4.69) is 13.2 Å². The molecule has 0 aromatic heterocycles. The van der Waals surface area contributed by atoms with Crippen LogP contribution in [0.1, 0.15) is 17.0 Å². The summed E-state index contributed by atoms with van der Waals surface area (Å²) in [5.41, 5.74) is 12.1. The highest BCUT2D eigenvalue weighted by molar-refractivity contribution is 5.98. The van der Waals surface area contributed by atoms with Crippen molar-refractivity contribution in [1.29, 1.82) is 0 Å². The third-order valence-electron chi connectivity index (χ3n) is 3.44. The van der Waals surface area contributed by atoms with Gasteiger partial charge in [-0.05, 0) is 21.9 Å². The Morgan fingerprint density at radius 2 is 1.74 bits per heavy atom. The van der Waals surface area contributed by atoms with E-state index in [-0.39, 0.29) is 0 Å². The summed E-state index contributed by atoms with van der Waals surface area (Å²) < 4.78 is 0. The molecule has 0 radical (unpaired) electrons. The van der Waals surface area contributed by atoms with Gasteiger partial charge in [-0.2, -0.15) is 0 Å². The number of hydrogen-bond donors (Lipinski definition) is 3. The first-order chi connectivity index (χ1) is 9.03. The highest BCUT2D eigenvalue weighted by atomic mass is 16.4. The van der Waals surface area contributed by atoms with Crippen LogP contribution in [0.4, 0.5) is 0 Å². The van der Waals surface area contributed by atoms with Crippen molar-refractivity contribution in [2.75, 3.05) is 0 Å². The summed E-state index contributed by atoms with van der Waals surface area (Å²) in [5.74, 6) is -1.87. The van der Waals surface area contributed by atoms with Crippen LogP contribution < -0.4 is 11.5 Å². The maximum Gasteiger partial charge on any atom is 0.314 e. The van der Waals surface area contributed by atoms with Crippen molar-refractivity contribution in [3.63, 3.8) is 0 Å². The zero-order valence-corrected chi connectivity index (χ0v) is 10.5. The molecule has 4 nitrogen and oxygen atoms in total. The van der Waals surface area contributed by atoms with Crippen LogP contribution in [0.25, 0.3) is 10.8 Å². The lowest BCUT2D eigenvalue weighted by molar-refractivity contribution is -0.140. The highest BCUT2D eigenvalue weighted by Crippen LogP contribution is 2.45. The van der Waals surface area contributed by atoms with Gasteiger partial charge in [0.25, 0.3) is 0 Å². The second-order valence-electron chi connectivity index (χ2n) is 4.46. The molecule has 98 valence electrons. The largest absolute Gasteiger partial charge is 0.481 e. The van der Waals surface area contributed by atoms with E-state index in [0.717, 1.165) is 10.8 Å². The summed E-state index contributed by atoms with van der Waals surface area (Å²) in [7, 11) is 0. The molecule has 0 fully saturated rings. The molecule has 0 aliphatic heterocycles. The van der Waals surface area contributed by atoms with E-state index >= 15 is 0 Å². The minimum atomic E-state index is -1.34. The number of carboxylic acid groups (broad SMARTS) is 1. The predicted octanol–water partition coefficient (Wildman–Crippen LogP) is 1.89. The zero-order valence-electron chi connectivity index (χ0n) is 10.5. The number of hydrogen-bond acceptors (Lipinski definition) is 3. The fourth-order valence-corrected chi connectivity index (χ4v) is 2.72. The van der Waals surface area contributed by atoms with Crippen molar-refractivity contribution in [2.45, 2.75) is 11.6 Å². The minimum Gasteiger partial charge on any atom is -0.481 e. The molecule has 2 aromatic carbocycles. The van der Waals surface area contributed by atoms with Crippen molar-refractivity contribution >= 4 is 16.7 Å². The highest BCUT2D eigenvalue weighted by Gasteiger charge is 2.46. The Balaban J connectivity index is 0.000000637. The van der Waals surface area contributed by atoms with Gasteiger partial charge in [-0.3, -0.25) is 4.79 Å². The van der Waals surface area contributed by atoms with Gasteiger partial charge in [-0.25, -0.2) is 0 Å². The first-order valence-corrected chi connectivity index (χ1v) is 5.86. The zero-order chi connectivity index (χ0) is 14.2. The molecule has 0 saturated carbocycles. The Kier molecular flexibility index (Phi) is 3.14. The molecule has 1 unspecified atom stereocenters. The van der Waals surface area contributed by atoms with Crippen LogP contribution in [0.3, 0.4) is 0 Å². The lowest BCUT2D eigenvalue weighted by Crippen LogP contribution is -2.51. The maximum absolute atomic E-state index is 11.4. The molecule has 0 heterocycles. The van der Waals surface area contributed by atoms with E-state index in [1.807, 2.05) is 24.3 Å². The Morgan fingerprint density at radius 1 is 1.16 bits per heavy atom. The molecular weight excluding hydrogens is 240 g/mol. The van der Waals surface area contributed by atoms with Crippen molar-refractivity contribution in [3.05, 3.63) is 60.7 Å². The van der Waals surface area contributed by atoms with Crippen LogP contribution in [0.15, 0.2) is 49.6 Å². The van der Waals surface area contributed by atoms with Crippen LogP contribution in [-0.2, 0) is 10.5 Å². The van der Waals surface area contributed by atoms with Gasteiger partial charge in [0.2, 0.25) is 0 Å². The molecule has 0 spiro atoms.